The van der Waals surface area contributed by atoms with Gasteiger partial charge in [-0.05, 0) is 68.2 Å². The number of rotatable bonds is 5. The molecule has 11 heteroatoms. The Hall–Kier alpha value is -2.66. The predicted octanol–water partition coefficient (Wildman–Crippen LogP) is 6.19. The minimum atomic E-state index is -4.48. The van der Waals surface area contributed by atoms with Gasteiger partial charge in [-0.25, -0.2) is 4.98 Å². The Morgan fingerprint density at radius 3 is 2.40 bits per heavy atom. The van der Waals surface area contributed by atoms with Gasteiger partial charge in [0.05, 0.1) is 16.8 Å². The van der Waals surface area contributed by atoms with Gasteiger partial charge in [0.15, 0.2) is 5.11 Å². The smallest absolute Gasteiger partial charge is 0.362 e. The minimum Gasteiger partial charge on any atom is -0.362 e. The number of aromatic nitrogens is 2. The quantitative estimate of drug-likeness (QED) is 0.318. The van der Waals surface area contributed by atoms with E-state index in [1.807, 2.05) is 43.3 Å². The molecule has 3 aromatic rings. The number of halogens is 4. The van der Waals surface area contributed by atoms with E-state index in [-0.39, 0.29) is 22.9 Å². The summed E-state index contributed by atoms with van der Waals surface area (Å²) in [5.41, 5.74) is 0.0433. The number of hydrogen-bond acceptors (Lipinski definition) is 5. The molecule has 1 fully saturated rings. The summed E-state index contributed by atoms with van der Waals surface area (Å²) in [6.45, 7) is 0. The zero-order valence-electron chi connectivity index (χ0n) is 19.3. The van der Waals surface area contributed by atoms with Gasteiger partial charge in [-0.15, -0.1) is 0 Å². The van der Waals surface area contributed by atoms with Gasteiger partial charge in [-0.1, -0.05) is 28.1 Å². The maximum Gasteiger partial charge on any atom is 0.418 e. The highest BCUT2D eigenvalue weighted by Crippen LogP contribution is 2.36. The van der Waals surface area contributed by atoms with Gasteiger partial charge in [0.2, 0.25) is 5.95 Å². The molecular formula is C24H26BrF3N6S. The molecule has 4 rings (SSSR count). The lowest BCUT2D eigenvalue weighted by atomic mass is 9.91. The molecule has 35 heavy (non-hydrogen) atoms. The second-order valence-corrected chi connectivity index (χ2v) is 10.1. The molecule has 0 atom stereocenters. The number of nitrogens with zero attached hydrogens (tertiary/aromatic N) is 3. The fourth-order valence-electron chi connectivity index (χ4n) is 4.23. The van der Waals surface area contributed by atoms with Crippen molar-refractivity contribution in [2.45, 2.75) is 43.9 Å². The van der Waals surface area contributed by atoms with Crippen LogP contribution in [0.25, 0.3) is 10.9 Å². The number of benzene rings is 2. The van der Waals surface area contributed by atoms with E-state index in [1.165, 1.54) is 6.07 Å². The van der Waals surface area contributed by atoms with Crippen molar-refractivity contribution in [1.82, 2.24) is 15.3 Å². The van der Waals surface area contributed by atoms with Gasteiger partial charge >= 0.3 is 6.18 Å². The topological polar surface area (TPSA) is 65.1 Å². The average Bonchev–Trinajstić information content (AvgIpc) is 2.80. The third kappa shape index (κ3) is 6.32. The van der Waals surface area contributed by atoms with Crippen LogP contribution in [0.1, 0.15) is 31.2 Å². The molecule has 0 bridgehead atoms. The molecule has 1 aromatic heterocycles. The Morgan fingerprint density at radius 2 is 1.71 bits per heavy atom. The Morgan fingerprint density at radius 1 is 1.03 bits per heavy atom. The van der Waals surface area contributed by atoms with Crippen LogP contribution >= 0.6 is 28.1 Å². The predicted molar refractivity (Wildman–Crippen MR) is 142 cm³/mol. The lowest BCUT2D eigenvalue weighted by molar-refractivity contribution is -0.136. The molecular weight excluding hydrogens is 541 g/mol. The normalized spacial score (nSPS) is 18.2. The highest BCUT2D eigenvalue weighted by atomic mass is 79.9. The van der Waals surface area contributed by atoms with Gasteiger partial charge in [-0.3, -0.25) is 0 Å². The standard InChI is InChI=1S/C24H26BrF3N6S/c1-34(2)21-17-5-3-4-6-19(17)31-22(33-21)29-15-8-10-16(11-9-15)30-23(35)32-20-12-7-14(25)13-18(20)24(26,27)28/h3-7,12-13,15-16H,8-11H2,1-2H3,(H,29,31,33)(H2,30,32,35)/t15-,16+. The monoisotopic (exact) mass is 566 g/mol. The first-order chi connectivity index (χ1) is 16.6. The molecule has 0 spiro atoms. The summed E-state index contributed by atoms with van der Waals surface area (Å²) in [6.07, 6.45) is -1.12. The Balaban J connectivity index is 1.34. The van der Waals surface area contributed by atoms with Crippen molar-refractivity contribution in [3.63, 3.8) is 0 Å². The molecule has 2 aromatic carbocycles. The number of nitrogens with one attached hydrogen (secondary N) is 3. The number of fused-ring (bicyclic) bond motifs is 1. The van der Waals surface area contributed by atoms with Gasteiger partial charge in [0.25, 0.3) is 0 Å². The summed E-state index contributed by atoms with van der Waals surface area (Å²) < 4.78 is 40.5. The Labute approximate surface area is 215 Å². The van der Waals surface area contributed by atoms with E-state index in [0.717, 1.165) is 48.5 Å². The Bertz CT molecular complexity index is 1210. The van der Waals surface area contributed by atoms with Crippen molar-refractivity contribution in [2.24, 2.45) is 0 Å². The first-order valence-corrected chi connectivity index (χ1v) is 12.4. The number of thiocarbonyl (C=S) groups is 1. The van der Waals surface area contributed by atoms with Crippen LogP contribution in [0, 0.1) is 0 Å². The van der Waals surface area contributed by atoms with Gasteiger partial charge in [0, 0.05) is 36.0 Å². The average molecular weight is 567 g/mol. The molecule has 1 aliphatic rings. The molecule has 1 heterocycles. The van der Waals surface area contributed by atoms with Crippen LogP contribution in [0.3, 0.4) is 0 Å². The van der Waals surface area contributed by atoms with Crippen LogP contribution < -0.4 is 20.9 Å². The van der Waals surface area contributed by atoms with Crippen LogP contribution in [-0.2, 0) is 6.18 Å². The van der Waals surface area contributed by atoms with Crippen LogP contribution in [0.2, 0.25) is 0 Å². The summed E-state index contributed by atoms with van der Waals surface area (Å²) >= 11 is 8.40. The van der Waals surface area contributed by atoms with E-state index < -0.39 is 11.7 Å². The molecule has 0 aliphatic heterocycles. The summed E-state index contributed by atoms with van der Waals surface area (Å²) in [5.74, 6) is 1.45. The molecule has 3 N–H and O–H groups in total. The van der Waals surface area contributed by atoms with Crippen molar-refractivity contribution in [3.05, 3.63) is 52.5 Å². The first kappa shape index (κ1) is 25.4. The van der Waals surface area contributed by atoms with Crippen molar-refractivity contribution >= 4 is 61.6 Å². The number of hydrogen-bond donors (Lipinski definition) is 3. The highest BCUT2D eigenvalue weighted by Gasteiger charge is 2.34. The van der Waals surface area contributed by atoms with Crippen molar-refractivity contribution < 1.29 is 13.2 Å². The SMILES string of the molecule is CN(C)c1nc(N[C@H]2CC[C@@H](NC(=S)Nc3ccc(Br)cc3C(F)(F)F)CC2)nc2ccccc12. The molecule has 186 valence electrons. The van der Waals surface area contributed by atoms with Gasteiger partial charge in [0.1, 0.15) is 5.82 Å². The van der Waals surface area contributed by atoms with E-state index in [1.54, 1.807) is 6.07 Å². The zero-order valence-corrected chi connectivity index (χ0v) is 21.7. The van der Waals surface area contributed by atoms with Crippen LogP contribution in [-0.4, -0.2) is 41.3 Å². The maximum absolute atomic E-state index is 13.4. The maximum atomic E-state index is 13.4. The minimum absolute atomic E-state index is 0.0706. The Kier molecular flexibility index (Phi) is 7.65. The summed E-state index contributed by atoms with van der Waals surface area (Å²) in [5, 5.41) is 10.5. The fourth-order valence-corrected chi connectivity index (χ4v) is 4.87. The second kappa shape index (κ2) is 10.5. The molecule has 6 nitrogen and oxygen atoms in total. The highest BCUT2D eigenvalue weighted by molar-refractivity contribution is 9.10. The van der Waals surface area contributed by atoms with Crippen molar-refractivity contribution in [1.29, 1.82) is 0 Å². The van der Waals surface area contributed by atoms with Crippen LogP contribution in [0.5, 0.6) is 0 Å². The van der Waals surface area contributed by atoms with E-state index in [2.05, 4.69) is 36.9 Å². The molecule has 1 saturated carbocycles. The largest absolute Gasteiger partial charge is 0.418 e. The number of anilines is 3. The summed E-state index contributed by atoms with van der Waals surface area (Å²) in [4.78, 5) is 11.3. The van der Waals surface area contributed by atoms with Gasteiger partial charge in [-0.2, -0.15) is 18.2 Å². The zero-order chi connectivity index (χ0) is 25.2. The van der Waals surface area contributed by atoms with Crippen molar-refractivity contribution in [3.8, 4) is 0 Å². The second-order valence-electron chi connectivity index (χ2n) is 8.76. The molecule has 0 radical (unpaired) electrons. The molecule has 0 amide bonds. The summed E-state index contributed by atoms with van der Waals surface area (Å²) in [6, 6.07) is 12.1. The molecule has 1 aliphatic carbocycles. The van der Waals surface area contributed by atoms with E-state index in [0.29, 0.717) is 10.4 Å². The fraction of sp³-hybridized carbons (Fsp3) is 0.375. The number of alkyl halides is 3. The third-order valence-corrected chi connectivity index (χ3v) is 6.65. The van der Waals surface area contributed by atoms with E-state index in [4.69, 9.17) is 17.2 Å². The lowest BCUT2D eigenvalue weighted by Gasteiger charge is -2.31. The summed E-state index contributed by atoms with van der Waals surface area (Å²) in [7, 11) is 3.91. The van der Waals surface area contributed by atoms with E-state index in [9.17, 15) is 13.2 Å². The van der Waals surface area contributed by atoms with E-state index >= 15 is 0 Å². The molecule has 0 unspecified atom stereocenters. The number of para-hydroxylation sites is 1. The third-order valence-electron chi connectivity index (χ3n) is 5.94. The first-order valence-electron chi connectivity index (χ1n) is 11.2. The van der Waals surface area contributed by atoms with Crippen LogP contribution in [0.4, 0.5) is 30.6 Å². The lowest BCUT2D eigenvalue weighted by Crippen LogP contribution is -2.42. The van der Waals surface area contributed by atoms with Gasteiger partial charge < -0.3 is 20.9 Å². The van der Waals surface area contributed by atoms with Crippen molar-refractivity contribution in [2.75, 3.05) is 29.6 Å². The van der Waals surface area contributed by atoms with Crippen LogP contribution in [0.15, 0.2) is 46.9 Å². The molecule has 0 saturated heterocycles.